The van der Waals surface area contributed by atoms with Gasteiger partial charge >= 0.3 is 5.97 Å². The van der Waals surface area contributed by atoms with Crippen molar-refractivity contribution in [2.24, 2.45) is 0 Å². The van der Waals surface area contributed by atoms with Gasteiger partial charge in [-0.25, -0.2) is 0 Å². The predicted molar refractivity (Wildman–Crippen MR) is 74.0 cm³/mol. The van der Waals surface area contributed by atoms with E-state index >= 15 is 0 Å². The largest absolute Gasteiger partial charge is 0.480 e. The molecule has 0 saturated carbocycles. The minimum Gasteiger partial charge on any atom is -0.480 e. The molecule has 1 aromatic rings. The van der Waals surface area contributed by atoms with Crippen LogP contribution in [-0.4, -0.2) is 21.5 Å². The second-order valence-electron chi connectivity index (χ2n) is 4.35. The van der Waals surface area contributed by atoms with Crippen LogP contribution in [0.25, 0.3) is 0 Å². The number of carbonyl (C=O) groups is 1. The lowest BCUT2D eigenvalue weighted by Crippen LogP contribution is -2.48. The highest BCUT2D eigenvalue weighted by molar-refractivity contribution is 9.10. The molecule has 6 nitrogen and oxygen atoms in total. The molecule has 1 atom stereocenters. The Balaban J connectivity index is 2.93. The zero-order valence-corrected chi connectivity index (χ0v) is 12.2. The number of benzene rings is 1. The summed E-state index contributed by atoms with van der Waals surface area (Å²) in [5.74, 6) is -0.948. The molecule has 19 heavy (non-hydrogen) atoms. The SMILES string of the molecule is CCC(C)(NCc1cccc([N+](=O)[O-])c1Br)C(=O)O. The number of rotatable bonds is 6. The molecule has 7 heteroatoms. The summed E-state index contributed by atoms with van der Waals surface area (Å²) in [6.07, 6.45) is 0.412. The Morgan fingerprint density at radius 3 is 2.68 bits per heavy atom. The summed E-state index contributed by atoms with van der Waals surface area (Å²) < 4.78 is 0.372. The van der Waals surface area contributed by atoms with Gasteiger partial charge in [0.25, 0.3) is 5.69 Å². The van der Waals surface area contributed by atoms with Crippen LogP contribution in [0.1, 0.15) is 25.8 Å². The summed E-state index contributed by atoms with van der Waals surface area (Å²) in [6, 6.07) is 4.68. The molecule has 1 rings (SSSR count). The number of hydrogen-bond acceptors (Lipinski definition) is 4. The fraction of sp³-hybridized carbons (Fsp3) is 0.417. The second kappa shape index (κ2) is 6.12. The maximum atomic E-state index is 11.2. The van der Waals surface area contributed by atoms with Crippen molar-refractivity contribution in [3.63, 3.8) is 0 Å². The molecule has 104 valence electrons. The topological polar surface area (TPSA) is 92.5 Å². The van der Waals surface area contributed by atoms with Gasteiger partial charge in [0.05, 0.1) is 9.40 Å². The van der Waals surface area contributed by atoms with Gasteiger partial charge in [-0.3, -0.25) is 20.2 Å². The molecule has 0 spiro atoms. The van der Waals surface area contributed by atoms with E-state index in [1.54, 1.807) is 26.0 Å². The average Bonchev–Trinajstić information content (AvgIpc) is 2.36. The predicted octanol–water partition coefficient (Wildman–Crippen LogP) is 2.70. The molecule has 0 aliphatic rings. The average molecular weight is 331 g/mol. The fourth-order valence-corrected chi connectivity index (χ4v) is 2.04. The van der Waals surface area contributed by atoms with Crippen LogP contribution < -0.4 is 5.32 Å². The first-order valence-electron chi connectivity index (χ1n) is 5.72. The first-order valence-corrected chi connectivity index (χ1v) is 6.51. The van der Waals surface area contributed by atoms with Crippen LogP contribution in [-0.2, 0) is 11.3 Å². The normalized spacial score (nSPS) is 13.8. The Labute approximate surface area is 119 Å². The number of carboxylic acid groups (broad SMARTS) is 1. The molecule has 2 N–H and O–H groups in total. The van der Waals surface area contributed by atoms with Gasteiger partial charge in [-0.2, -0.15) is 0 Å². The molecule has 0 aromatic heterocycles. The van der Waals surface area contributed by atoms with Crippen LogP contribution in [0, 0.1) is 10.1 Å². The standard InChI is InChI=1S/C12H15BrN2O4/c1-3-12(2,11(16)17)14-7-8-5-4-6-9(10(8)13)15(18)19/h4-6,14H,3,7H2,1-2H3,(H,16,17). The van der Waals surface area contributed by atoms with Gasteiger partial charge in [-0.05, 0) is 34.8 Å². The van der Waals surface area contributed by atoms with Gasteiger partial charge < -0.3 is 5.11 Å². The third-order valence-electron chi connectivity index (χ3n) is 3.10. The quantitative estimate of drug-likeness (QED) is 0.618. The van der Waals surface area contributed by atoms with E-state index in [-0.39, 0.29) is 12.2 Å². The van der Waals surface area contributed by atoms with Crippen molar-refractivity contribution in [2.45, 2.75) is 32.4 Å². The Kier molecular flexibility index (Phi) is 5.02. The minimum atomic E-state index is -1.05. The van der Waals surface area contributed by atoms with Crippen molar-refractivity contribution in [2.75, 3.05) is 0 Å². The number of nitrogens with zero attached hydrogens (tertiary/aromatic N) is 1. The van der Waals surface area contributed by atoms with Crippen LogP contribution in [0.4, 0.5) is 5.69 Å². The summed E-state index contributed by atoms with van der Waals surface area (Å²) in [5, 5.41) is 22.9. The number of hydrogen-bond donors (Lipinski definition) is 2. The molecule has 0 radical (unpaired) electrons. The third-order valence-corrected chi connectivity index (χ3v) is 4.02. The van der Waals surface area contributed by atoms with Gasteiger partial charge in [0.15, 0.2) is 0 Å². The number of aliphatic carboxylic acids is 1. The fourth-order valence-electron chi connectivity index (χ4n) is 1.49. The van der Waals surface area contributed by atoms with Crippen LogP contribution in [0.5, 0.6) is 0 Å². The van der Waals surface area contributed by atoms with E-state index in [2.05, 4.69) is 21.2 Å². The lowest BCUT2D eigenvalue weighted by Gasteiger charge is -2.24. The van der Waals surface area contributed by atoms with E-state index in [4.69, 9.17) is 5.11 Å². The molecule has 1 aromatic carbocycles. The highest BCUT2D eigenvalue weighted by atomic mass is 79.9. The van der Waals surface area contributed by atoms with Gasteiger partial charge in [-0.15, -0.1) is 0 Å². The first kappa shape index (κ1) is 15.6. The van der Waals surface area contributed by atoms with E-state index in [1.807, 2.05) is 0 Å². The number of carboxylic acids is 1. The summed E-state index contributed by atoms with van der Waals surface area (Å²) in [4.78, 5) is 21.5. The van der Waals surface area contributed by atoms with Crippen LogP contribution in [0.15, 0.2) is 22.7 Å². The molecule has 1 unspecified atom stereocenters. The molecule has 0 bridgehead atoms. The number of nitro groups is 1. The monoisotopic (exact) mass is 330 g/mol. The number of nitrogens with one attached hydrogen (secondary N) is 1. The highest BCUT2D eigenvalue weighted by Gasteiger charge is 2.30. The van der Waals surface area contributed by atoms with Crippen molar-refractivity contribution in [1.82, 2.24) is 5.32 Å². The van der Waals surface area contributed by atoms with Crippen LogP contribution in [0.2, 0.25) is 0 Å². The van der Waals surface area contributed by atoms with E-state index in [1.165, 1.54) is 6.07 Å². The Morgan fingerprint density at radius 2 is 2.21 bits per heavy atom. The second-order valence-corrected chi connectivity index (χ2v) is 5.14. The molecule has 0 heterocycles. The van der Waals surface area contributed by atoms with Crippen LogP contribution in [0.3, 0.4) is 0 Å². The molecule has 0 aliphatic heterocycles. The van der Waals surface area contributed by atoms with Crippen LogP contribution >= 0.6 is 15.9 Å². The van der Waals surface area contributed by atoms with Crippen molar-refractivity contribution in [3.05, 3.63) is 38.3 Å². The summed E-state index contributed by atoms with van der Waals surface area (Å²) >= 11 is 3.18. The summed E-state index contributed by atoms with van der Waals surface area (Å²) in [6.45, 7) is 3.59. The van der Waals surface area contributed by atoms with E-state index in [9.17, 15) is 14.9 Å². The zero-order valence-electron chi connectivity index (χ0n) is 10.6. The lowest BCUT2D eigenvalue weighted by molar-refractivity contribution is -0.385. The molecule has 0 amide bonds. The van der Waals surface area contributed by atoms with E-state index in [0.29, 0.717) is 16.5 Å². The Bertz CT molecular complexity index is 507. The number of nitro benzene ring substituents is 1. The van der Waals surface area contributed by atoms with Gasteiger partial charge in [0, 0.05) is 12.6 Å². The minimum absolute atomic E-state index is 0.0344. The van der Waals surface area contributed by atoms with Crippen molar-refractivity contribution in [3.8, 4) is 0 Å². The van der Waals surface area contributed by atoms with Gasteiger partial charge in [-0.1, -0.05) is 19.1 Å². The molecule has 0 saturated heterocycles. The summed E-state index contributed by atoms with van der Waals surface area (Å²) in [5.41, 5.74) is -0.438. The lowest BCUT2D eigenvalue weighted by atomic mass is 9.99. The maximum absolute atomic E-state index is 11.2. The number of halogens is 1. The molecule has 0 aliphatic carbocycles. The smallest absolute Gasteiger partial charge is 0.323 e. The van der Waals surface area contributed by atoms with Crippen molar-refractivity contribution >= 4 is 27.6 Å². The van der Waals surface area contributed by atoms with E-state index < -0.39 is 16.4 Å². The van der Waals surface area contributed by atoms with E-state index in [0.717, 1.165) is 0 Å². The van der Waals surface area contributed by atoms with Crippen molar-refractivity contribution < 1.29 is 14.8 Å². The summed E-state index contributed by atoms with van der Waals surface area (Å²) in [7, 11) is 0. The first-order chi connectivity index (χ1) is 8.81. The Hall–Kier alpha value is -1.47. The Morgan fingerprint density at radius 1 is 1.58 bits per heavy atom. The molecule has 0 fully saturated rings. The highest BCUT2D eigenvalue weighted by Crippen LogP contribution is 2.28. The third kappa shape index (κ3) is 3.51. The zero-order chi connectivity index (χ0) is 14.6. The molecular weight excluding hydrogens is 316 g/mol. The van der Waals surface area contributed by atoms with Gasteiger partial charge in [0.2, 0.25) is 0 Å². The molecular formula is C12H15BrN2O4. The van der Waals surface area contributed by atoms with Gasteiger partial charge in [0.1, 0.15) is 5.54 Å². The van der Waals surface area contributed by atoms with Crippen molar-refractivity contribution in [1.29, 1.82) is 0 Å². The maximum Gasteiger partial charge on any atom is 0.323 e.